The SMILES string of the molecule is Fc1cc(Nc2nccc(C(F)(F)F)n2)ccc1Cc1cccc2cnccc12. The Kier molecular flexibility index (Phi) is 4.84. The largest absolute Gasteiger partial charge is 0.433 e. The van der Waals surface area contributed by atoms with Crippen LogP contribution in [0.3, 0.4) is 0 Å². The van der Waals surface area contributed by atoms with E-state index in [2.05, 4.69) is 20.3 Å². The quantitative estimate of drug-likeness (QED) is 0.460. The van der Waals surface area contributed by atoms with Gasteiger partial charge in [-0.25, -0.2) is 14.4 Å². The summed E-state index contributed by atoms with van der Waals surface area (Å²) >= 11 is 0. The van der Waals surface area contributed by atoms with Crippen LogP contribution in [0.25, 0.3) is 10.8 Å². The standard InChI is InChI=1S/C21H14F4N4/c22-18-11-16(28-20-27-9-7-19(29-20)21(23,24)25)5-4-14(18)10-13-2-1-3-15-12-26-8-6-17(13)15/h1-9,11-12H,10H2,(H,27,28,29). The van der Waals surface area contributed by atoms with E-state index in [0.717, 1.165) is 28.6 Å². The van der Waals surface area contributed by atoms with Gasteiger partial charge in [-0.2, -0.15) is 13.2 Å². The second-order valence-electron chi connectivity index (χ2n) is 6.39. The summed E-state index contributed by atoms with van der Waals surface area (Å²) in [6.45, 7) is 0. The zero-order valence-electron chi connectivity index (χ0n) is 14.9. The molecule has 0 unspecified atom stereocenters. The second kappa shape index (κ2) is 7.46. The molecule has 2 aromatic heterocycles. The maximum absolute atomic E-state index is 14.6. The number of pyridine rings is 1. The molecule has 0 aliphatic heterocycles. The number of benzene rings is 2. The fourth-order valence-corrected chi connectivity index (χ4v) is 3.02. The van der Waals surface area contributed by atoms with E-state index in [1.54, 1.807) is 24.5 Å². The van der Waals surface area contributed by atoms with Crippen molar-refractivity contribution in [3.63, 3.8) is 0 Å². The Bertz CT molecular complexity index is 1170. The molecule has 146 valence electrons. The Morgan fingerprint density at radius 3 is 2.59 bits per heavy atom. The van der Waals surface area contributed by atoms with Crippen LogP contribution in [0.15, 0.2) is 67.1 Å². The highest BCUT2D eigenvalue weighted by atomic mass is 19.4. The minimum Gasteiger partial charge on any atom is -0.324 e. The summed E-state index contributed by atoms with van der Waals surface area (Å²) in [5, 5.41) is 4.56. The van der Waals surface area contributed by atoms with Gasteiger partial charge in [0.2, 0.25) is 5.95 Å². The molecule has 0 spiro atoms. The van der Waals surface area contributed by atoms with E-state index in [0.29, 0.717) is 12.0 Å². The third kappa shape index (κ3) is 4.16. The van der Waals surface area contributed by atoms with Crippen molar-refractivity contribution in [1.82, 2.24) is 15.0 Å². The highest BCUT2D eigenvalue weighted by Crippen LogP contribution is 2.28. The first-order valence-corrected chi connectivity index (χ1v) is 8.67. The summed E-state index contributed by atoms with van der Waals surface area (Å²) in [5.41, 5.74) is 0.598. The van der Waals surface area contributed by atoms with Crippen molar-refractivity contribution in [2.45, 2.75) is 12.6 Å². The predicted octanol–water partition coefficient (Wildman–Crippen LogP) is 5.52. The normalized spacial score (nSPS) is 11.6. The van der Waals surface area contributed by atoms with Gasteiger partial charge < -0.3 is 5.32 Å². The summed E-state index contributed by atoms with van der Waals surface area (Å²) in [6.07, 6.45) is 0.218. The third-order valence-electron chi connectivity index (χ3n) is 4.41. The Morgan fingerprint density at radius 1 is 0.931 bits per heavy atom. The number of hydrogen-bond acceptors (Lipinski definition) is 4. The molecule has 0 bridgehead atoms. The Hall–Kier alpha value is -3.55. The Balaban J connectivity index is 1.57. The van der Waals surface area contributed by atoms with Crippen LogP contribution < -0.4 is 5.32 Å². The molecule has 0 aliphatic carbocycles. The van der Waals surface area contributed by atoms with Crippen LogP contribution in [0.4, 0.5) is 29.2 Å². The zero-order chi connectivity index (χ0) is 20.4. The molecule has 4 nitrogen and oxygen atoms in total. The Morgan fingerprint density at radius 2 is 1.79 bits per heavy atom. The predicted molar refractivity (Wildman–Crippen MR) is 101 cm³/mol. The van der Waals surface area contributed by atoms with Crippen LogP contribution in [0.5, 0.6) is 0 Å². The number of rotatable bonds is 4. The van der Waals surface area contributed by atoms with Crippen LogP contribution in [-0.4, -0.2) is 15.0 Å². The fourth-order valence-electron chi connectivity index (χ4n) is 3.02. The highest BCUT2D eigenvalue weighted by molar-refractivity contribution is 5.85. The van der Waals surface area contributed by atoms with E-state index in [9.17, 15) is 17.6 Å². The van der Waals surface area contributed by atoms with Gasteiger partial charge in [0, 0.05) is 36.1 Å². The topological polar surface area (TPSA) is 50.7 Å². The number of nitrogens with zero attached hydrogens (tertiary/aromatic N) is 3. The summed E-state index contributed by atoms with van der Waals surface area (Å²) < 4.78 is 52.9. The molecule has 0 saturated heterocycles. The molecule has 0 saturated carbocycles. The first-order valence-electron chi connectivity index (χ1n) is 8.67. The van der Waals surface area contributed by atoms with E-state index in [4.69, 9.17) is 0 Å². The average molecular weight is 398 g/mol. The van der Waals surface area contributed by atoms with E-state index >= 15 is 0 Å². The van der Waals surface area contributed by atoms with E-state index in [1.165, 1.54) is 6.07 Å². The molecular formula is C21H14F4N4. The van der Waals surface area contributed by atoms with Crippen LogP contribution in [-0.2, 0) is 12.6 Å². The second-order valence-corrected chi connectivity index (χ2v) is 6.39. The van der Waals surface area contributed by atoms with E-state index in [1.807, 2.05) is 24.3 Å². The monoisotopic (exact) mass is 398 g/mol. The number of fused-ring (bicyclic) bond motifs is 1. The molecule has 0 fully saturated rings. The first kappa shape index (κ1) is 18.8. The van der Waals surface area contributed by atoms with Crippen LogP contribution >= 0.6 is 0 Å². The van der Waals surface area contributed by atoms with Gasteiger partial charge in [-0.15, -0.1) is 0 Å². The molecule has 0 radical (unpaired) electrons. The van der Waals surface area contributed by atoms with Crippen molar-refractivity contribution < 1.29 is 17.6 Å². The maximum Gasteiger partial charge on any atom is 0.433 e. The minimum atomic E-state index is -4.58. The van der Waals surface area contributed by atoms with Crippen molar-refractivity contribution in [1.29, 1.82) is 0 Å². The number of alkyl halides is 3. The molecular weight excluding hydrogens is 384 g/mol. The van der Waals surface area contributed by atoms with Crippen molar-refractivity contribution in [2.24, 2.45) is 0 Å². The number of halogens is 4. The van der Waals surface area contributed by atoms with Crippen molar-refractivity contribution in [2.75, 3.05) is 5.32 Å². The van der Waals surface area contributed by atoms with Gasteiger partial charge in [-0.05, 0) is 40.8 Å². The van der Waals surface area contributed by atoms with Crippen LogP contribution in [0.2, 0.25) is 0 Å². The fraction of sp³-hybridized carbons (Fsp3) is 0.0952. The van der Waals surface area contributed by atoms with Gasteiger partial charge in [0.15, 0.2) is 0 Å². The summed E-state index contributed by atoms with van der Waals surface area (Å²) in [5.74, 6) is -0.735. The summed E-state index contributed by atoms with van der Waals surface area (Å²) in [7, 11) is 0. The summed E-state index contributed by atoms with van der Waals surface area (Å²) in [4.78, 5) is 11.3. The molecule has 0 aliphatic rings. The lowest BCUT2D eigenvalue weighted by molar-refractivity contribution is -0.141. The van der Waals surface area contributed by atoms with Crippen LogP contribution in [0, 0.1) is 5.82 Å². The smallest absolute Gasteiger partial charge is 0.324 e. The molecule has 29 heavy (non-hydrogen) atoms. The number of aromatic nitrogens is 3. The molecule has 4 rings (SSSR count). The van der Waals surface area contributed by atoms with E-state index < -0.39 is 17.7 Å². The number of anilines is 2. The zero-order valence-corrected chi connectivity index (χ0v) is 14.9. The average Bonchev–Trinajstić information content (AvgIpc) is 2.70. The Labute approximate surface area is 163 Å². The summed E-state index contributed by atoms with van der Waals surface area (Å²) in [6, 6.07) is 12.8. The lowest BCUT2D eigenvalue weighted by atomic mass is 9.99. The maximum atomic E-state index is 14.6. The van der Waals surface area contributed by atoms with Gasteiger partial charge in [-0.1, -0.05) is 24.3 Å². The van der Waals surface area contributed by atoms with Crippen molar-refractivity contribution >= 4 is 22.4 Å². The third-order valence-corrected chi connectivity index (χ3v) is 4.41. The molecule has 0 atom stereocenters. The first-order chi connectivity index (χ1) is 13.9. The number of nitrogens with one attached hydrogen (secondary N) is 1. The van der Waals surface area contributed by atoms with Gasteiger partial charge in [0.1, 0.15) is 11.5 Å². The highest BCUT2D eigenvalue weighted by Gasteiger charge is 2.32. The number of hydrogen-bond donors (Lipinski definition) is 1. The van der Waals surface area contributed by atoms with Gasteiger partial charge in [0.05, 0.1) is 0 Å². The molecule has 2 aromatic carbocycles. The van der Waals surface area contributed by atoms with Gasteiger partial charge in [0.25, 0.3) is 0 Å². The van der Waals surface area contributed by atoms with Gasteiger partial charge in [-0.3, -0.25) is 4.98 Å². The minimum absolute atomic E-state index is 0.256. The van der Waals surface area contributed by atoms with Crippen molar-refractivity contribution in [3.8, 4) is 0 Å². The van der Waals surface area contributed by atoms with Crippen molar-refractivity contribution in [3.05, 3.63) is 89.8 Å². The molecule has 1 N–H and O–H groups in total. The van der Waals surface area contributed by atoms with E-state index in [-0.39, 0.29) is 11.6 Å². The molecule has 0 amide bonds. The molecule has 8 heteroatoms. The molecule has 4 aromatic rings. The lowest BCUT2D eigenvalue weighted by Crippen LogP contribution is -2.10. The van der Waals surface area contributed by atoms with Gasteiger partial charge >= 0.3 is 6.18 Å². The molecule has 2 heterocycles. The van der Waals surface area contributed by atoms with Crippen LogP contribution in [0.1, 0.15) is 16.8 Å². The lowest BCUT2D eigenvalue weighted by Gasteiger charge is -2.11.